The fraction of sp³-hybridized carbons (Fsp3) is 0.706. The van der Waals surface area contributed by atoms with Gasteiger partial charge in [0.2, 0.25) is 0 Å². The van der Waals surface area contributed by atoms with Gasteiger partial charge in [-0.15, -0.1) is 0 Å². The van der Waals surface area contributed by atoms with Crippen LogP contribution in [0, 0.1) is 0 Å². The first-order valence-electron chi connectivity index (χ1n) is 10.3. The molecular formula is C17H26N3O15P. The Hall–Kier alpha value is -2.06. The van der Waals surface area contributed by atoms with Crippen molar-refractivity contribution < 1.29 is 68.5 Å². The van der Waals surface area contributed by atoms with Gasteiger partial charge in [0.25, 0.3) is 5.79 Å². The Labute approximate surface area is 201 Å². The molecule has 3 heterocycles. The number of carboxylic acids is 1. The van der Waals surface area contributed by atoms with E-state index in [9.17, 15) is 49.7 Å². The van der Waals surface area contributed by atoms with Crippen LogP contribution in [-0.2, 0) is 27.9 Å². The topological polar surface area (TPSA) is 294 Å². The zero-order chi connectivity index (χ0) is 27.0. The molecule has 1 unspecified atom stereocenters. The molecule has 0 radical (unpaired) electrons. The van der Waals surface area contributed by atoms with E-state index in [1.54, 1.807) is 0 Å². The molecule has 10 N–H and O–H groups in total. The van der Waals surface area contributed by atoms with Gasteiger partial charge < -0.3 is 55.8 Å². The molecule has 2 saturated heterocycles. The van der Waals surface area contributed by atoms with Gasteiger partial charge in [-0.25, -0.2) is 18.7 Å². The van der Waals surface area contributed by atoms with Crippen LogP contribution < -0.4 is 11.4 Å². The number of aliphatic hydroxyl groups excluding tert-OH is 6. The Bertz CT molecular complexity index is 1060. The second-order valence-electron chi connectivity index (χ2n) is 8.10. The van der Waals surface area contributed by atoms with Crippen molar-refractivity contribution in [2.24, 2.45) is 0 Å². The lowest BCUT2D eigenvalue weighted by atomic mass is 9.93. The Morgan fingerprint density at radius 3 is 2.56 bits per heavy atom. The smallest absolute Gasteiger partial charge is 0.475 e. The van der Waals surface area contributed by atoms with E-state index in [-0.39, 0.29) is 5.82 Å². The summed E-state index contributed by atoms with van der Waals surface area (Å²) in [6.45, 7) is -1.99. The molecule has 2 fully saturated rings. The predicted octanol–water partition coefficient (Wildman–Crippen LogP) is -4.78. The minimum absolute atomic E-state index is 0.119. The third kappa shape index (κ3) is 5.75. The van der Waals surface area contributed by atoms with Crippen molar-refractivity contribution in [3.05, 3.63) is 22.7 Å². The van der Waals surface area contributed by atoms with Crippen LogP contribution in [0.25, 0.3) is 0 Å². The van der Waals surface area contributed by atoms with Crippen LogP contribution >= 0.6 is 7.82 Å². The van der Waals surface area contributed by atoms with Gasteiger partial charge in [0.1, 0.15) is 42.4 Å². The summed E-state index contributed by atoms with van der Waals surface area (Å²) in [5.41, 5.74) is 4.46. The fourth-order valence-corrected chi connectivity index (χ4v) is 4.65. The normalized spacial score (nSPS) is 37.4. The van der Waals surface area contributed by atoms with Gasteiger partial charge in [-0.3, -0.25) is 9.09 Å². The number of ether oxygens (including phenoxy) is 2. The van der Waals surface area contributed by atoms with Gasteiger partial charge in [-0.1, -0.05) is 0 Å². The average molecular weight is 543 g/mol. The third-order valence-electron chi connectivity index (χ3n) is 5.55. The summed E-state index contributed by atoms with van der Waals surface area (Å²) in [4.78, 5) is 37.4. The minimum atomic E-state index is -5.41. The molecule has 0 amide bonds. The Balaban J connectivity index is 1.73. The largest absolute Gasteiger partial charge is 0.477 e. The number of phosphoric ester groups is 1. The number of aliphatic hydroxyl groups is 6. The average Bonchev–Trinajstić information content (AvgIpc) is 3.07. The van der Waals surface area contributed by atoms with Crippen molar-refractivity contribution >= 4 is 19.6 Å². The Kier molecular flexibility index (Phi) is 8.50. The first-order chi connectivity index (χ1) is 16.7. The summed E-state index contributed by atoms with van der Waals surface area (Å²) in [6.07, 6.45) is -14.1. The van der Waals surface area contributed by atoms with E-state index in [0.717, 1.165) is 10.8 Å². The molecular weight excluding hydrogens is 517 g/mol. The van der Waals surface area contributed by atoms with Gasteiger partial charge in [0.05, 0.1) is 19.3 Å². The molecule has 10 atom stereocenters. The first-order valence-corrected chi connectivity index (χ1v) is 11.8. The Morgan fingerprint density at radius 1 is 1.31 bits per heavy atom. The maximum atomic E-state index is 12.5. The molecule has 19 heteroatoms. The van der Waals surface area contributed by atoms with Crippen molar-refractivity contribution in [3.8, 4) is 0 Å². The highest BCUT2D eigenvalue weighted by Gasteiger charge is 2.57. The van der Waals surface area contributed by atoms with Crippen molar-refractivity contribution in [2.75, 3.05) is 18.9 Å². The van der Waals surface area contributed by atoms with Gasteiger partial charge in [-0.2, -0.15) is 4.98 Å². The van der Waals surface area contributed by atoms with Crippen LogP contribution in [-0.4, -0.2) is 118 Å². The van der Waals surface area contributed by atoms with E-state index in [1.165, 1.54) is 6.07 Å². The highest BCUT2D eigenvalue weighted by Crippen LogP contribution is 2.51. The number of nitrogen functional groups attached to an aromatic ring is 1. The fourth-order valence-electron chi connectivity index (χ4n) is 3.69. The zero-order valence-electron chi connectivity index (χ0n) is 18.2. The molecule has 18 nitrogen and oxygen atoms in total. The number of carboxylic acid groups (broad SMARTS) is 1. The summed E-state index contributed by atoms with van der Waals surface area (Å²) in [7, 11) is -5.41. The minimum Gasteiger partial charge on any atom is -0.477 e. The molecule has 0 aliphatic carbocycles. The van der Waals surface area contributed by atoms with Crippen molar-refractivity contribution in [2.45, 2.75) is 61.2 Å². The second kappa shape index (κ2) is 10.7. The lowest BCUT2D eigenvalue weighted by molar-refractivity contribution is -0.302. The van der Waals surface area contributed by atoms with E-state index in [0.29, 0.717) is 0 Å². The van der Waals surface area contributed by atoms with Gasteiger partial charge >= 0.3 is 19.5 Å². The molecule has 1 aromatic heterocycles. The molecule has 1 aromatic rings. The van der Waals surface area contributed by atoms with Crippen LogP contribution in [0.15, 0.2) is 17.1 Å². The maximum Gasteiger partial charge on any atom is 0.475 e. The van der Waals surface area contributed by atoms with E-state index in [2.05, 4.69) is 9.51 Å². The van der Waals surface area contributed by atoms with E-state index < -0.39 is 93.9 Å². The second-order valence-corrected chi connectivity index (χ2v) is 9.47. The molecule has 0 spiro atoms. The van der Waals surface area contributed by atoms with Crippen LogP contribution in [0.5, 0.6) is 0 Å². The predicted molar refractivity (Wildman–Crippen MR) is 111 cm³/mol. The number of nitrogens with two attached hydrogens (primary N) is 1. The quantitative estimate of drug-likeness (QED) is 0.132. The van der Waals surface area contributed by atoms with E-state index in [1.807, 2.05) is 0 Å². The monoisotopic (exact) mass is 543 g/mol. The maximum absolute atomic E-state index is 12.5. The number of aliphatic carboxylic acids is 1. The highest BCUT2D eigenvalue weighted by molar-refractivity contribution is 7.47. The van der Waals surface area contributed by atoms with E-state index >= 15 is 0 Å². The number of rotatable bonds is 9. The summed E-state index contributed by atoms with van der Waals surface area (Å²) in [5.74, 6) is -5.26. The van der Waals surface area contributed by atoms with Crippen molar-refractivity contribution in [1.82, 2.24) is 9.55 Å². The number of nitrogens with zero attached hydrogens (tertiary/aromatic N) is 2. The summed E-state index contributed by atoms with van der Waals surface area (Å²) in [6, 6.07) is 1.21. The first kappa shape index (κ1) is 28.5. The molecule has 0 saturated carbocycles. The summed E-state index contributed by atoms with van der Waals surface area (Å²) < 4.78 is 33.0. The van der Waals surface area contributed by atoms with Gasteiger partial charge in [0, 0.05) is 12.6 Å². The molecule has 204 valence electrons. The summed E-state index contributed by atoms with van der Waals surface area (Å²) in [5, 5.41) is 68.9. The van der Waals surface area contributed by atoms with Crippen molar-refractivity contribution in [3.63, 3.8) is 0 Å². The number of hydrogen-bond acceptors (Lipinski definition) is 15. The Morgan fingerprint density at radius 2 is 1.97 bits per heavy atom. The molecule has 36 heavy (non-hydrogen) atoms. The number of aromatic nitrogens is 2. The number of phosphoric acid groups is 1. The zero-order valence-corrected chi connectivity index (χ0v) is 19.1. The van der Waals surface area contributed by atoms with Crippen molar-refractivity contribution in [1.29, 1.82) is 0 Å². The van der Waals surface area contributed by atoms with E-state index in [4.69, 9.17) is 24.8 Å². The third-order valence-corrected chi connectivity index (χ3v) is 6.56. The van der Waals surface area contributed by atoms with Gasteiger partial charge in [0.15, 0.2) is 6.23 Å². The molecule has 2 aliphatic rings. The molecule has 3 rings (SSSR count). The molecule has 0 bridgehead atoms. The molecule has 0 aromatic carbocycles. The summed E-state index contributed by atoms with van der Waals surface area (Å²) >= 11 is 0. The van der Waals surface area contributed by atoms with Crippen LogP contribution in [0.2, 0.25) is 0 Å². The highest BCUT2D eigenvalue weighted by atomic mass is 31.2. The van der Waals surface area contributed by atoms with Crippen LogP contribution in [0.1, 0.15) is 12.6 Å². The lowest BCUT2D eigenvalue weighted by Gasteiger charge is -2.43. The van der Waals surface area contributed by atoms with Crippen LogP contribution in [0.4, 0.5) is 5.82 Å². The van der Waals surface area contributed by atoms with Gasteiger partial charge in [-0.05, 0) is 6.07 Å². The van der Waals surface area contributed by atoms with Crippen LogP contribution in [0.3, 0.4) is 0 Å². The number of hydrogen-bond donors (Lipinski definition) is 9. The SMILES string of the molecule is Nc1ccn([C@@H]2O[C@H](COP(=O)(O)O[C@@]3(C(=O)O)C[C@H](O)[C@@H](O)[C@@H]([C@H](O)CO)O3)[C@@H](O)[C@H]2O)c(=O)n1. The standard InChI is InChI=1S/C17H26N3O15P/c18-9-1-2-20(16(29)19-9)14-12(26)11(25)8(33-14)5-32-36(30,31)35-17(15(27)28)3-6(22)10(24)13(34-17)7(23)4-21/h1-2,6-8,10-14,21-26H,3-5H2,(H,27,28)(H,30,31)(H2,18,19,29)/t6-,7+,8+,10+,11+,12+,13+,14+,17+/m0/s1. The lowest BCUT2D eigenvalue weighted by Crippen LogP contribution is -2.62. The number of carbonyl (C=O) groups is 1. The molecule has 2 aliphatic heterocycles. The number of anilines is 1.